The third-order valence-electron chi connectivity index (χ3n) is 2.00. The van der Waals surface area contributed by atoms with Gasteiger partial charge in [0.2, 0.25) is 0 Å². The molecule has 0 spiro atoms. The van der Waals surface area contributed by atoms with Gasteiger partial charge in [0, 0.05) is 9.92 Å². The lowest BCUT2D eigenvalue weighted by Crippen LogP contribution is -1.69. The molecule has 0 saturated carbocycles. The van der Waals surface area contributed by atoms with Crippen LogP contribution in [0.25, 0.3) is 11.0 Å². The SMILES string of the molecule is Clc1ccccc1.Sc1cccc2nonc12. The minimum atomic E-state index is 0.714. The first-order chi connectivity index (χ1) is 8.27. The topological polar surface area (TPSA) is 38.9 Å². The van der Waals surface area contributed by atoms with Crippen molar-refractivity contribution in [2.75, 3.05) is 0 Å². The molecule has 0 aliphatic carbocycles. The maximum atomic E-state index is 5.54. The van der Waals surface area contributed by atoms with E-state index in [0.29, 0.717) is 5.52 Å². The Kier molecular flexibility index (Phi) is 4.01. The summed E-state index contributed by atoms with van der Waals surface area (Å²) in [5.74, 6) is 0. The summed E-state index contributed by atoms with van der Waals surface area (Å²) in [5, 5.41) is 8.09. The van der Waals surface area contributed by atoms with Gasteiger partial charge < -0.3 is 0 Å². The average molecular weight is 265 g/mol. The summed E-state index contributed by atoms with van der Waals surface area (Å²) in [7, 11) is 0. The van der Waals surface area contributed by atoms with Crippen LogP contribution in [0.15, 0.2) is 58.1 Å². The molecule has 0 amide bonds. The second kappa shape index (κ2) is 5.70. The molecular weight excluding hydrogens is 256 g/mol. The molecule has 0 bridgehead atoms. The van der Waals surface area contributed by atoms with Crippen LogP contribution in [0.3, 0.4) is 0 Å². The molecule has 0 N–H and O–H groups in total. The van der Waals surface area contributed by atoms with Gasteiger partial charge in [0.1, 0.15) is 11.0 Å². The number of rotatable bonds is 0. The van der Waals surface area contributed by atoms with Crippen molar-refractivity contribution in [2.45, 2.75) is 4.90 Å². The number of aromatic nitrogens is 2. The van der Waals surface area contributed by atoms with Gasteiger partial charge in [-0.05, 0) is 34.6 Å². The lowest BCUT2D eigenvalue weighted by Gasteiger charge is -1.85. The number of thiol groups is 1. The second-order valence-corrected chi connectivity index (χ2v) is 4.12. The fraction of sp³-hybridized carbons (Fsp3) is 0. The molecule has 0 saturated heterocycles. The van der Waals surface area contributed by atoms with E-state index in [9.17, 15) is 0 Å². The maximum Gasteiger partial charge on any atom is 0.148 e. The molecule has 17 heavy (non-hydrogen) atoms. The van der Waals surface area contributed by atoms with Crippen molar-refractivity contribution in [3.63, 3.8) is 0 Å². The van der Waals surface area contributed by atoms with Crippen molar-refractivity contribution in [1.29, 1.82) is 0 Å². The molecule has 3 nitrogen and oxygen atoms in total. The average Bonchev–Trinajstić information content (AvgIpc) is 2.80. The zero-order chi connectivity index (χ0) is 12.1. The van der Waals surface area contributed by atoms with Crippen LogP contribution in [-0.2, 0) is 0 Å². The van der Waals surface area contributed by atoms with E-state index in [1.54, 1.807) is 0 Å². The quantitative estimate of drug-likeness (QED) is 0.627. The summed E-state index contributed by atoms with van der Waals surface area (Å²) in [6.45, 7) is 0. The van der Waals surface area contributed by atoms with Gasteiger partial charge in [-0.1, -0.05) is 35.9 Å². The van der Waals surface area contributed by atoms with Crippen molar-refractivity contribution < 1.29 is 4.63 Å². The summed E-state index contributed by atoms with van der Waals surface area (Å²) in [4.78, 5) is 0.791. The van der Waals surface area contributed by atoms with Crippen molar-refractivity contribution in [2.24, 2.45) is 0 Å². The van der Waals surface area contributed by atoms with Crippen molar-refractivity contribution in [3.05, 3.63) is 53.6 Å². The van der Waals surface area contributed by atoms with Gasteiger partial charge in [0.25, 0.3) is 0 Å². The molecule has 1 heterocycles. The van der Waals surface area contributed by atoms with E-state index in [2.05, 4.69) is 27.6 Å². The summed E-state index contributed by atoms with van der Waals surface area (Å²) in [5.41, 5.74) is 1.46. The van der Waals surface area contributed by atoms with Crippen LogP contribution < -0.4 is 0 Å². The summed E-state index contributed by atoms with van der Waals surface area (Å²) < 4.78 is 4.50. The van der Waals surface area contributed by atoms with Crippen LogP contribution in [0, 0.1) is 0 Å². The predicted octanol–water partition coefficient (Wildman–Crippen LogP) is 3.85. The first-order valence-corrected chi connectivity index (χ1v) is 5.70. The fourth-order valence-corrected chi connectivity index (χ4v) is 1.59. The normalized spacial score (nSPS) is 9.76. The van der Waals surface area contributed by atoms with Crippen LogP contribution in [-0.4, -0.2) is 10.3 Å². The number of hydrogen-bond donors (Lipinski definition) is 1. The molecule has 0 unspecified atom stereocenters. The standard InChI is InChI=1S/C6H5Cl.C6H4N2OS/c7-6-4-2-1-3-5-6;10-5-3-1-2-4-6(5)8-9-7-4/h1-5H;1-3,10H. The van der Waals surface area contributed by atoms with Crippen LogP contribution in [0.5, 0.6) is 0 Å². The van der Waals surface area contributed by atoms with Crippen LogP contribution in [0.4, 0.5) is 0 Å². The van der Waals surface area contributed by atoms with E-state index in [4.69, 9.17) is 11.6 Å². The molecule has 3 rings (SSSR count). The van der Waals surface area contributed by atoms with Crippen molar-refractivity contribution in [1.82, 2.24) is 10.3 Å². The molecule has 0 atom stereocenters. The van der Waals surface area contributed by atoms with Crippen LogP contribution in [0.2, 0.25) is 5.02 Å². The van der Waals surface area contributed by atoms with E-state index < -0.39 is 0 Å². The number of nitrogens with zero attached hydrogens (tertiary/aromatic N) is 2. The highest BCUT2D eigenvalue weighted by molar-refractivity contribution is 7.80. The van der Waals surface area contributed by atoms with E-state index in [1.807, 2.05) is 48.5 Å². The minimum absolute atomic E-state index is 0.714. The molecule has 3 aromatic rings. The Morgan fingerprint density at radius 3 is 2.29 bits per heavy atom. The molecule has 86 valence electrons. The molecule has 0 aliphatic rings. The van der Waals surface area contributed by atoms with Crippen molar-refractivity contribution >= 4 is 35.3 Å². The third-order valence-corrected chi connectivity index (χ3v) is 2.61. The Hall–Kier alpha value is -1.52. The Morgan fingerprint density at radius 2 is 1.71 bits per heavy atom. The Labute approximate surface area is 109 Å². The number of benzene rings is 2. The highest BCUT2D eigenvalue weighted by atomic mass is 35.5. The van der Waals surface area contributed by atoms with E-state index in [0.717, 1.165) is 15.4 Å². The Balaban J connectivity index is 0.000000136. The monoisotopic (exact) mass is 264 g/mol. The highest BCUT2D eigenvalue weighted by Gasteiger charge is 2.00. The van der Waals surface area contributed by atoms with Gasteiger partial charge in [-0.25, -0.2) is 4.63 Å². The number of fused-ring (bicyclic) bond motifs is 1. The zero-order valence-corrected chi connectivity index (χ0v) is 10.4. The van der Waals surface area contributed by atoms with Crippen LogP contribution in [0.1, 0.15) is 0 Å². The fourth-order valence-electron chi connectivity index (χ4n) is 1.21. The molecule has 0 radical (unpaired) electrons. The predicted molar refractivity (Wildman–Crippen MR) is 70.5 cm³/mol. The smallest absolute Gasteiger partial charge is 0.148 e. The lowest BCUT2D eigenvalue weighted by molar-refractivity contribution is 0.315. The van der Waals surface area contributed by atoms with Gasteiger partial charge >= 0.3 is 0 Å². The molecule has 0 aliphatic heterocycles. The summed E-state index contributed by atoms with van der Waals surface area (Å²) >= 11 is 9.69. The largest absolute Gasteiger partial charge is 0.243 e. The van der Waals surface area contributed by atoms with E-state index in [1.165, 1.54) is 0 Å². The molecule has 2 aromatic carbocycles. The molecule has 0 fully saturated rings. The van der Waals surface area contributed by atoms with Crippen molar-refractivity contribution in [3.8, 4) is 0 Å². The molecule has 5 heteroatoms. The van der Waals surface area contributed by atoms with E-state index >= 15 is 0 Å². The van der Waals surface area contributed by atoms with Gasteiger partial charge in [-0.3, -0.25) is 0 Å². The minimum Gasteiger partial charge on any atom is -0.243 e. The summed E-state index contributed by atoms with van der Waals surface area (Å²) in [6.07, 6.45) is 0. The Bertz CT molecular complexity index is 598. The first kappa shape index (κ1) is 12.0. The second-order valence-electron chi connectivity index (χ2n) is 3.20. The van der Waals surface area contributed by atoms with Gasteiger partial charge in [0.05, 0.1) is 0 Å². The maximum absolute atomic E-state index is 5.54. The first-order valence-electron chi connectivity index (χ1n) is 4.88. The lowest BCUT2D eigenvalue weighted by atomic mass is 10.3. The van der Waals surface area contributed by atoms with Gasteiger partial charge in [-0.2, -0.15) is 0 Å². The number of halogens is 1. The number of hydrogen-bond acceptors (Lipinski definition) is 4. The van der Waals surface area contributed by atoms with Gasteiger partial charge in [0.15, 0.2) is 0 Å². The molecule has 1 aromatic heterocycles. The third kappa shape index (κ3) is 3.22. The van der Waals surface area contributed by atoms with E-state index in [-0.39, 0.29) is 0 Å². The zero-order valence-electron chi connectivity index (χ0n) is 8.75. The molecular formula is C12H9ClN2OS. The van der Waals surface area contributed by atoms with Crippen LogP contribution >= 0.6 is 24.2 Å². The summed E-state index contributed by atoms with van der Waals surface area (Å²) in [6, 6.07) is 15.0. The highest BCUT2D eigenvalue weighted by Crippen LogP contribution is 2.16. The Morgan fingerprint density at radius 1 is 0.941 bits per heavy atom. The van der Waals surface area contributed by atoms with Gasteiger partial charge in [-0.15, -0.1) is 12.6 Å².